The Morgan fingerprint density at radius 3 is 2.44 bits per heavy atom. The molecule has 2 rings (SSSR count). The Balaban J connectivity index is 1.89. The molecule has 8 nitrogen and oxygen atoms in total. The van der Waals surface area contributed by atoms with Crippen LogP contribution in [0.3, 0.4) is 0 Å². The molecule has 1 aromatic carbocycles. The lowest BCUT2D eigenvalue weighted by Gasteiger charge is -2.07. The number of hydrogen-bond acceptors (Lipinski definition) is 7. The van der Waals surface area contributed by atoms with Gasteiger partial charge in [-0.25, -0.2) is 17.9 Å². The third-order valence-corrected chi connectivity index (χ3v) is 5.46. The number of nitrogens with one attached hydrogen (secondary N) is 2. The summed E-state index contributed by atoms with van der Waals surface area (Å²) in [6.07, 6.45) is 1.40. The van der Waals surface area contributed by atoms with Gasteiger partial charge in [0.05, 0.1) is 15.3 Å². The molecule has 27 heavy (non-hydrogen) atoms. The standard InChI is InChI=1S/C17H16N2O6S2/c1-2-9-18-27(23,24)13-7-5-12(6-8-13)17(22)25-11-15(20)19-16(21)14-4-3-10-26-14/h2-8,10,18H,1,9,11H2,(H,19,20,21). The van der Waals surface area contributed by atoms with Gasteiger partial charge in [-0.05, 0) is 35.7 Å². The SMILES string of the molecule is C=CCNS(=O)(=O)c1ccc(C(=O)OCC(=O)NC(=O)c2cccs2)cc1. The summed E-state index contributed by atoms with van der Waals surface area (Å²) in [6, 6.07) is 8.23. The highest BCUT2D eigenvalue weighted by atomic mass is 32.2. The highest BCUT2D eigenvalue weighted by Gasteiger charge is 2.16. The molecule has 0 saturated carbocycles. The Kier molecular flexibility index (Phi) is 6.99. The topological polar surface area (TPSA) is 119 Å². The lowest BCUT2D eigenvalue weighted by Crippen LogP contribution is -2.33. The van der Waals surface area contributed by atoms with Crippen molar-refractivity contribution in [2.45, 2.75) is 4.90 Å². The molecule has 0 aliphatic heterocycles. The molecule has 0 aliphatic rings. The number of esters is 1. The van der Waals surface area contributed by atoms with Crippen LogP contribution in [0.1, 0.15) is 20.0 Å². The van der Waals surface area contributed by atoms with Crippen LogP contribution in [0.2, 0.25) is 0 Å². The van der Waals surface area contributed by atoms with Crippen molar-refractivity contribution in [3.63, 3.8) is 0 Å². The molecule has 142 valence electrons. The summed E-state index contributed by atoms with van der Waals surface area (Å²) in [5.41, 5.74) is 0.0649. The Morgan fingerprint density at radius 2 is 1.85 bits per heavy atom. The van der Waals surface area contributed by atoms with Crippen molar-refractivity contribution in [2.24, 2.45) is 0 Å². The molecular formula is C17H16N2O6S2. The summed E-state index contributed by atoms with van der Waals surface area (Å²) in [5, 5.41) is 3.79. The third kappa shape index (κ3) is 5.84. The van der Waals surface area contributed by atoms with Crippen molar-refractivity contribution in [3.05, 3.63) is 64.9 Å². The minimum absolute atomic E-state index is 0.0276. The fraction of sp³-hybridized carbons (Fsp3) is 0.118. The van der Waals surface area contributed by atoms with Crippen LogP contribution in [0.25, 0.3) is 0 Å². The number of carbonyl (C=O) groups is 3. The van der Waals surface area contributed by atoms with Gasteiger partial charge in [-0.15, -0.1) is 17.9 Å². The number of hydrogen-bond donors (Lipinski definition) is 2. The average Bonchev–Trinajstić information content (AvgIpc) is 3.19. The molecule has 0 spiro atoms. The maximum absolute atomic E-state index is 11.9. The zero-order valence-corrected chi connectivity index (χ0v) is 15.6. The minimum atomic E-state index is -3.70. The van der Waals surface area contributed by atoms with Gasteiger partial charge in [-0.2, -0.15) is 0 Å². The van der Waals surface area contributed by atoms with Gasteiger partial charge < -0.3 is 4.74 Å². The summed E-state index contributed by atoms with van der Waals surface area (Å²) < 4.78 is 31.0. The summed E-state index contributed by atoms with van der Waals surface area (Å²) in [7, 11) is -3.70. The fourth-order valence-electron chi connectivity index (χ4n) is 1.87. The van der Waals surface area contributed by atoms with Crippen LogP contribution < -0.4 is 10.0 Å². The summed E-state index contributed by atoms with van der Waals surface area (Å²) in [5.74, 6) is -2.17. The van der Waals surface area contributed by atoms with Crippen LogP contribution in [0, 0.1) is 0 Å². The van der Waals surface area contributed by atoms with Crippen LogP contribution in [-0.4, -0.2) is 39.4 Å². The van der Waals surface area contributed by atoms with Gasteiger partial charge in [0.1, 0.15) is 0 Å². The second-order valence-electron chi connectivity index (χ2n) is 5.10. The molecule has 2 aromatic rings. The number of thiophene rings is 1. The summed E-state index contributed by atoms with van der Waals surface area (Å²) in [4.78, 5) is 35.6. The van der Waals surface area contributed by atoms with E-state index in [9.17, 15) is 22.8 Å². The molecule has 0 saturated heterocycles. The quantitative estimate of drug-likeness (QED) is 0.502. The van der Waals surface area contributed by atoms with E-state index in [1.807, 2.05) is 0 Å². The van der Waals surface area contributed by atoms with Gasteiger partial charge in [0.2, 0.25) is 10.0 Å². The molecule has 0 unspecified atom stereocenters. The molecular weight excluding hydrogens is 392 g/mol. The number of amides is 2. The molecule has 0 bridgehead atoms. The first-order valence-electron chi connectivity index (χ1n) is 7.59. The van der Waals surface area contributed by atoms with Gasteiger partial charge in [0.15, 0.2) is 6.61 Å². The first kappa shape index (κ1) is 20.5. The van der Waals surface area contributed by atoms with Crippen molar-refractivity contribution in [1.82, 2.24) is 10.0 Å². The maximum atomic E-state index is 11.9. The number of rotatable bonds is 8. The molecule has 2 N–H and O–H groups in total. The van der Waals surface area contributed by atoms with Gasteiger partial charge >= 0.3 is 5.97 Å². The second kappa shape index (κ2) is 9.21. The highest BCUT2D eigenvalue weighted by Crippen LogP contribution is 2.11. The van der Waals surface area contributed by atoms with E-state index in [0.29, 0.717) is 4.88 Å². The first-order valence-corrected chi connectivity index (χ1v) is 9.95. The lowest BCUT2D eigenvalue weighted by molar-refractivity contribution is -0.123. The predicted molar refractivity (Wildman–Crippen MR) is 98.9 cm³/mol. The Hall–Kier alpha value is -2.82. The fourth-order valence-corrected chi connectivity index (χ4v) is 3.49. The van der Waals surface area contributed by atoms with E-state index in [4.69, 9.17) is 4.74 Å². The van der Waals surface area contributed by atoms with Gasteiger partial charge in [-0.1, -0.05) is 12.1 Å². The van der Waals surface area contributed by atoms with E-state index in [1.165, 1.54) is 41.7 Å². The minimum Gasteiger partial charge on any atom is -0.452 e. The van der Waals surface area contributed by atoms with Crippen molar-refractivity contribution >= 4 is 39.1 Å². The maximum Gasteiger partial charge on any atom is 0.338 e. The zero-order chi connectivity index (χ0) is 19.9. The molecule has 0 atom stereocenters. The van der Waals surface area contributed by atoms with Gasteiger partial charge in [0, 0.05) is 6.54 Å². The number of carbonyl (C=O) groups excluding carboxylic acids is 3. The zero-order valence-electron chi connectivity index (χ0n) is 14.0. The summed E-state index contributed by atoms with van der Waals surface area (Å²) in [6.45, 7) is 2.85. The molecule has 0 radical (unpaired) electrons. The van der Waals surface area contributed by atoms with E-state index < -0.39 is 34.4 Å². The Bertz CT molecular complexity index is 934. The van der Waals surface area contributed by atoms with E-state index >= 15 is 0 Å². The molecule has 1 aromatic heterocycles. The van der Waals surface area contributed by atoms with Crippen molar-refractivity contribution in [1.29, 1.82) is 0 Å². The Morgan fingerprint density at radius 1 is 1.15 bits per heavy atom. The number of benzene rings is 1. The number of sulfonamides is 1. The molecule has 0 aliphatic carbocycles. The third-order valence-electron chi connectivity index (χ3n) is 3.15. The van der Waals surface area contributed by atoms with Crippen molar-refractivity contribution in [3.8, 4) is 0 Å². The molecule has 1 heterocycles. The first-order chi connectivity index (χ1) is 12.8. The van der Waals surface area contributed by atoms with Crippen LogP contribution in [-0.2, 0) is 19.6 Å². The molecule has 2 amide bonds. The Labute approximate surface area is 159 Å². The molecule has 10 heteroatoms. The summed E-state index contributed by atoms with van der Waals surface area (Å²) >= 11 is 1.17. The van der Waals surface area contributed by atoms with Gasteiger partial charge in [0.25, 0.3) is 11.8 Å². The van der Waals surface area contributed by atoms with E-state index in [-0.39, 0.29) is 17.0 Å². The van der Waals surface area contributed by atoms with Crippen LogP contribution in [0.5, 0.6) is 0 Å². The monoisotopic (exact) mass is 408 g/mol. The van der Waals surface area contributed by atoms with Gasteiger partial charge in [-0.3, -0.25) is 14.9 Å². The van der Waals surface area contributed by atoms with E-state index in [0.717, 1.165) is 0 Å². The van der Waals surface area contributed by atoms with Crippen LogP contribution >= 0.6 is 11.3 Å². The number of imide groups is 1. The largest absolute Gasteiger partial charge is 0.452 e. The molecule has 0 fully saturated rings. The lowest BCUT2D eigenvalue weighted by atomic mass is 10.2. The highest BCUT2D eigenvalue weighted by molar-refractivity contribution is 7.89. The average molecular weight is 408 g/mol. The predicted octanol–water partition coefficient (Wildman–Crippen LogP) is 1.33. The van der Waals surface area contributed by atoms with E-state index in [2.05, 4.69) is 16.6 Å². The van der Waals surface area contributed by atoms with Crippen molar-refractivity contribution < 1.29 is 27.5 Å². The van der Waals surface area contributed by atoms with Crippen molar-refractivity contribution in [2.75, 3.05) is 13.2 Å². The van der Waals surface area contributed by atoms with Crippen LogP contribution in [0.4, 0.5) is 0 Å². The van der Waals surface area contributed by atoms with E-state index in [1.54, 1.807) is 17.5 Å². The smallest absolute Gasteiger partial charge is 0.338 e. The van der Waals surface area contributed by atoms with Crippen LogP contribution in [0.15, 0.2) is 59.3 Å². The normalized spacial score (nSPS) is 10.8. The second-order valence-corrected chi connectivity index (χ2v) is 7.81. The number of ether oxygens (including phenoxy) is 1.